The molecule has 0 atom stereocenters. The molecule has 0 saturated carbocycles. The molecule has 1 amide bonds. The average molecular weight is 373 g/mol. The molecule has 1 heterocycles. The Labute approximate surface area is 155 Å². The van der Waals surface area contributed by atoms with Gasteiger partial charge in [0.2, 0.25) is 5.95 Å². The van der Waals surface area contributed by atoms with Gasteiger partial charge in [-0.1, -0.05) is 35.3 Å². The van der Waals surface area contributed by atoms with Crippen molar-refractivity contribution in [2.45, 2.75) is 6.92 Å². The third kappa shape index (κ3) is 4.26. The van der Waals surface area contributed by atoms with Gasteiger partial charge < -0.3 is 10.6 Å². The molecule has 2 N–H and O–H groups in total. The van der Waals surface area contributed by atoms with Crippen LogP contribution in [0, 0.1) is 6.92 Å². The molecule has 0 unspecified atom stereocenters. The molecule has 3 rings (SSSR count). The van der Waals surface area contributed by atoms with E-state index in [1.165, 1.54) is 12.4 Å². The van der Waals surface area contributed by atoms with Crippen molar-refractivity contribution in [2.75, 3.05) is 10.6 Å². The first-order chi connectivity index (χ1) is 12.0. The summed E-state index contributed by atoms with van der Waals surface area (Å²) in [5.74, 6) is 0.0671. The zero-order valence-electron chi connectivity index (χ0n) is 13.3. The van der Waals surface area contributed by atoms with Crippen LogP contribution in [0.15, 0.2) is 54.9 Å². The van der Waals surface area contributed by atoms with E-state index in [4.69, 9.17) is 23.2 Å². The molecule has 25 heavy (non-hydrogen) atoms. The van der Waals surface area contributed by atoms with E-state index in [2.05, 4.69) is 20.6 Å². The number of hydrogen-bond acceptors (Lipinski definition) is 4. The van der Waals surface area contributed by atoms with Gasteiger partial charge in [0.1, 0.15) is 0 Å². The molecule has 0 radical (unpaired) electrons. The van der Waals surface area contributed by atoms with Crippen LogP contribution in [0.3, 0.4) is 0 Å². The van der Waals surface area contributed by atoms with E-state index in [-0.39, 0.29) is 5.91 Å². The summed E-state index contributed by atoms with van der Waals surface area (Å²) < 4.78 is 0. The molecule has 0 spiro atoms. The van der Waals surface area contributed by atoms with Crippen LogP contribution in [0.1, 0.15) is 15.9 Å². The Morgan fingerprint density at radius 2 is 1.76 bits per heavy atom. The Kier molecular flexibility index (Phi) is 5.16. The van der Waals surface area contributed by atoms with Gasteiger partial charge >= 0.3 is 0 Å². The third-order valence-corrected chi connectivity index (χ3v) is 4.16. The Morgan fingerprint density at radius 1 is 1.04 bits per heavy atom. The summed E-state index contributed by atoms with van der Waals surface area (Å²) in [7, 11) is 0. The Balaban J connectivity index is 1.71. The molecular formula is C18H14Cl2N4O. The fourth-order valence-electron chi connectivity index (χ4n) is 2.14. The van der Waals surface area contributed by atoms with Crippen molar-refractivity contribution in [3.05, 3.63) is 76.0 Å². The highest BCUT2D eigenvalue weighted by atomic mass is 35.5. The highest BCUT2D eigenvalue weighted by Crippen LogP contribution is 2.24. The molecule has 3 aromatic rings. The number of halogens is 2. The van der Waals surface area contributed by atoms with Crippen LogP contribution in [-0.4, -0.2) is 15.9 Å². The zero-order valence-corrected chi connectivity index (χ0v) is 14.8. The van der Waals surface area contributed by atoms with Crippen LogP contribution in [0.2, 0.25) is 10.0 Å². The van der Waals surface area contributed by atoms with Crippen molar-refractivity contribution >= 4 is 46.4 Å². The lowest BCUT2D eigenvalue weighted by molar-refractivity contribution is 0.102. The monoisotopic (exact) mass is 372 g/mol. The normalized spacial score (nSPS) is 10.4. The Hall–Kier alpha value is -2.63. The summed E-state index contributed by atoms with van der Waals surface area (Å²) in [4.78, 5) is 20.6. The minimum absolute atomic E-state index is 0.312. The highest BCUT2D eigenvalue weighted by Gasteiger charge is 2.09. The minimum Gasteiger partial charge on any atom is -0.324 e. The predicted molar refractivity (Wildman–Crippen MR) is 101 cm³/mol. The SMILES string of the molecule is Cc1c(Cl)cccc1Nc1ncc(C(=O)Nc2cccc(Cl)c2)cn1. The summed E-state index contributed by atoms with van der Waals surface area (Å²) in [6.07, 6.45) is 2.91. The standard InChI is InChI=1S/C18H14Cl2N4O/c1-11-15(20)6-3-7-16(11)24-18-21-9-12(10-22-18)17(25)23-14-5-2-4-13(19)8-14/h2-10H,1H3,(H,23,25)(H,21,22,24). The minimum atomic E-state index is -0.312. The van der Waals surface area contributed by atoms with Crippen LogP contribution in [0.25, 0.3) is 0 Å². The summed E-state index contributed by atoms with van der Waals surface area (Å²) >= 11 is 12.0. The van der Waals surface area contributed by atoms with Gasteiger partial charge in [-0.25, -0.2) is 9.97 Å². The van der Waals surface area contributed by atoms with Crippen molar-refractivity contribution in [1.29, 1.82) is 0 Å². The second kappa shape index (κ2) is 7.51. The summed E-state index contributed by atoms with van der Waals surface area (Å²) in [5.41, 5.74) is 2.65. The first-order valence-corrected chi connectivity index (χ1v) is 8.19. The van der Waals surface area contributed by atoms with Crippen LogP contribution < -0.4 is 10.6 Å². The fraction of sp³-hybridized carbons (Fsp3) is 0.0556. The number of carbonyl (C=O) groups excluding carboxylic acids is 1. The van der Waals surface area contributed by atoms with Crippen LogP contribution in [0.5, 0.6) is 0 Å². The van der Waals surface area contributed by atoms with E-state index < -0.39 is 0 Å². The second-order valence-electron chi connectivity index (χ2n) is 5.30. The lowest BCUT2D eigenvalue weighted by Gasteiger charge is -2.09. The molecule has 126 valence electrons. The van der Waals surface area contributed by atoms with Gasteiger partial charge in [0.25, 0.3) is 5.91 Å². The lowest BCUT2D eigenvalue weighted by Crippen LogP contribution is -2.13. The van der Waals surface area contributed by atoms with E-state index >= 15 is 0 Å². The van der Waals surface area contributed by atoms with Crippen LogP contribution in [-0.2, 0) is 0 Å². The van der Waals surface area contributed by atoms with E-state index in [0.29, 0.717) is 27.2 Å². The molecular weight excluding hydrogens is 359 g/mol. The maximum Gasteiger partial charge on any atom is 0.258 e. The molecule has 7 heteroatoms. The summed E-state index contributed by atoms with van der Waals surface area (Å²) in [5, 5.41) is 7.03. The lowest BCUT2D eigenvalue weighted by atomic mass is 10.2. The summed E-state index contributed by atoms with van der Waals surface area (Å²) in [6, 6.07) is 12.4. The smallest absolute Gasteiger partial charge is 0.258 e. The summed E-state index contributed by atoms with van der Waals surface area (Å²) in [6.45, 7) is 1.90. The van der Waals surface area contributed by atoms with E-state index in [9.17, 15) is 4.79 Å². The molecule has 0 bridgehead atoms. The van der Waals surface area contributed by atoms with Crippen molar-refractivity contribution in [1.82, 2.24) is 9.97 Å². The Morgan fingerprint density at radius 3 is 2.48 bits per heavy atom. The topological polar surface area (TPSA) is 66.9 Å². The molecule has 0 saturated heterocycles. The van der Waals surface area contributed by atoms with Gasteiger partial charge in [-0.15, -0.1) is 0 Å². The van der Waals surface area contributed by atoms with Crippen LogP contribution >= 0.6 is 23.2 Å². The number of nitrogens with one attached hydrogen (secondary N) is 2. The fourth-order valence-corrected chi connectivity index (χ4v) is 2.51. The molecule has 0 aliphatic rings. The second-order valence-corrected chi connectivity index (χ2v) is 6.14. The largest absolute Gasteiger partial charge is 0.324 e. The van der Waals surface area contributed by atoms with Crippen molar-refractivity contribution in [2.24, 2.45) is 0 Å². The number of carbonyl (C=O) groups is 1. The van der Waals surface area contributed by atoms with Crippen LogP contribution in [0.4, 0.5) is 17.3 Å². The molecule has 1 aromatic heterocycles. The Bertz CT molecular complexity index is 913. The number of nitrogens with zero attached hydrogens (tertiary/aromatic N) is 2. The number of hydrogen-bond donors (Lipinski definition) is 2. The molecule has 0 aliphatic heterocycles. The van der Waals surface area contributed by atoms with E-state index in [0.717, 1.165) is 11.3 Å². The molecule has 0 aliphatic carbocycles. The first kappa shape index (κ1) is 17.2. The first-order valence-electron chi connectivity index (χ1n) is 7.44. The predicted octanol–water partition coefficient (Wildman–Crippen LogP) is 5.09. The van der Waals surface area contributed by atoms with E-state index in [1.54, 1.807) is 24.3 Å². The number of benzene rings is 2. The van der Waals surface area contributed by atoms with E-state index in [1.807, 2.05) is 25.1 Å². The maximum atomic E-state index is 12.2. The van der Waals surface area contributed by atoms with Gasteiger partial charge in [0.05, 0.1) is 5.56 Å². The number of amides is 1. The third-order valence-electron chi connectivity index (χ3n) is 3.51. The van der Waals surface area contributed by atoms with Gasteiger partial charge in [0.15, 0.2) is 0 Å². The van der Waals surface area contributed by atoms with Crippen molar-refractivity contribution < 1.29 is 4.79 Å². The van der Waals surface area contributed by atoms with Gasteiger partial charge in [-0.3, -0.25) is 4.79 Å². The number of rotatable bonds is 4. The van der Waals surface area contributed by atoms with Gasteiger partial charge in [-0.05, 0) is 42.8 Å². The quantitative estimate of drug-likeness (QED) is 0.669. The van der Waals surface area contributed by atoms with Gasteiger partial charge in [-0.2, -0.15) is 0 Å². The molecule has 0 fully saturated rings. The number of anilines is 3. The highest BCUT2D eigenvalue weighted by molar-refractivity contribution is 6.31. The maximum absolute atomic E-state index is 12.2. The van der Waals surface area contributed by atoms with Crippen molar-refractivity contribution in [3.8, 4) is 0 Å². The molecule has 5 nitrogen and oxygen atoms in total. The van der Waals surface area contributed by atoms with Crippen molar-refractivity contribution in [3.63, 3.8) is 0 Å². The van der Waals surface area contributed by atoms with Gasteiger partial charge in [0, 0.05) is 33.8 Å². The zero-order chi connectivity index (χ0) is 17.8. The average Bonchev–Trinajstić information content (AvgIpc) is 2.59. The molecule has 2 aromatic carbocycles. The number of aromatic nitrogens is 2.